The molecule has 0 amide bonds. The molecule has 384 valence electrons. The van der Waals surface area contributed by atoms with E-state index in [1.807, 2.05) is 0 Å². The molecule has 6 aliphatic heterocycles. The van der Waals surface area contributed by atoms with Gasteiger partial charge in [0.1, 0.15) is 73.2 Å². The minimum absolute atomic E-state index is 0. The number of hydrogen-bond donors (Lipinski definition) is 3. The van der Waals surface area contributed by atoms with Crippen molar-refractivity contribution in [1.82, 2.24) is 0 Å². The molecule has 6 saturated heterocycles. The van der Waals surface area contributed by atoms with Crippen LogP contribution in [-0.4, -0.2) is 161 Å². The van der Waals surface area contributed by atoms with Crippen LogP contribution in [0.2, 0.25) is 0 Å². The van der Waals surface area contributed by atoms with E-state index in [0.29, 0.717) is 26.4 Å². The van der Waals surface area contributed by atoms with Crippen LogP contribution in [0.1, 0.15) is 178 Å². The fourth-order valence-corrected chi connectivity index (χ4v) is 9.21. The number of ether oxygens (including phenoxy) is 9. The third-order valence-corrected chi connectivity index (χ3v) is 13.2. The summed E-state index contributed by atoms with van der Waals surface area (Å²) >= 11 is 3.42. The van der Waals surface area contributed by atoms with E-state index in [2.05, 4.69) is 43.6 Å². The van der Waals surface area contributed by atoms with Crippen molar-refractivity contribution in [2.75, 3.05) is 71.9 Å². The minimum Gasteiger partial charge on any atom is -1.00 e. The van der Waals surface area contributed by atoms with Crippen LogP contribution in [0, 0.1) is 0 Å². The second-order valence-electron chi connectivity index (χ2n) is 18.1. The van der Waals surface area contributed by atoms with Gasteiger partial charge in [-0.2, -0.15) is 0 Å². The Morgan fingerprint density at radius 2 is 0.662 bits per heavy atom. The van der Waals surface area contributed by atoms with E-state index in [4.69, 9.17) is 54.2 Å². The van der Waals surface area contributed by atoms with Gasteiger partial charge in [-0.1, -0.05) is 166 Å². The first-order valence-corrected chi connectivity index (χ1v) is 26.9. The van der Waals surface area contributed by atoms with Crippen LogP contribution in [0.25, 0.3) is 0 Å². The number of unbranched alkanes of at least 4 members (excludes halogenated alkanes) is 19. The van der Waals surface area contributed by atoms with Gasteiger partial charge in [0.05, 0.1) is 48.2 Å². The van der Waals surface area contributed by atoms with Crippen LogP contribution in [0.15, 0.2) is 0 Å². The third-order valence-electron chi connectivity index (χ3n) is 12.7. The first-order valence-electron chi connectivity index (χ1n) is 26.5. The van der Waals surface area contributed by atoms with Crippen LogP contribution in [0.3, 0.4) is 0 Å². The van der Waals surface area contributed by atoms with E-state index >= 15 is 0 Å². The first kappa shape index (κ1) is 62.0. The number of hydrogen-bond acceptors (Lipinski definition) is 12. The van der Waals surface area contributed by atoms with Crippen LogP contribution in [0.4, 0.5) is 4.39 Å². The van der Waals surface area contributed by atoms with Crippen molar-refractivity contribution in [2.45, 2.75) is 249 Å². The zero-order valence-corrected chi connectivity index (χ0v) is 45.3. The smallest absolute Gasteiger partial charge is 1.00 e. The SMILES string of the molecule is CCCCCCCCBr.CCCCCCCCO[C@@H]1CO[C@H]2[C@@H]1OC[C@H]2O.CCCCCCCCO[C@@H]1CO[C@H]2[C@@H]1OC[C@H]2OCCCCCCC.O[C@@H]1CO[C@H]2[C@@H]1OC[C@H]2O.[2H]CF.[H-].[Na+]. The summed E-state index contributed by atoms with van der Waals surface area (Å²) < 4.78 is 66.4. The molecule has 0 bridgehead atoms. The van der Waals surface area contributed by atoms with Crippen molar-refractivity contribution >= 4 is 15.9 Å². The Hall–Kier alpha value is 0.930. The van der Waals surface area contributed by atoms with E-state index in [1.165, 1.54) is 134 Å². The summed E-state index contributed by atoms with van der Waals surface area (Å²) in [7, 11) is -1.00. The summed E-state index contributed by atoms with van der Waals surface area (Å²) in [5.41, 5.74) is 0. The molecule has 6 rings (SSSR count). The van der Waals surface area contributed by atoms with E-state index in [0.717, 1.165) is 39.1 Å². The van der Waals surface area contributed by atoms with Crippen molar-refractivity contribution in [2.24, 2.45) is 0 Å². The Morgan fingerprint density at radius 1 is 0.431 bits per heavy atom. The first-order chi connectivity index (χ1) is 31.8. The second-order valence-corrected chi connectivity index (χ2v) is 18.9. The molecule has 0 radical (unpaired) electrons. The summed E-state index contributed by atoms with van der Waals surface area (Å²) in [6, 6.07) is 0. The van der Waals surface area contributed by atoms with Crippen molar-refractivity contribution in [3.63, 3.8) is 0 Å². The molecule has 65 heavy (non-hydrogen) atoms. The Morgan fingerprint density at radius 3 is 0.985 bits per heavy atom. The molecule has 0 aliphatic carbocycles. The van der Waals surface area contributed by atoms with Crippen LogP contribution in [0.5, 0.6) is 0 Å². The monoisotopic (exact) mass is 1010 g/mol. The standard InChI is InChI=1S/C21H40O4.C14H26O4.C8H17Br.C6H10O4.CH3F.Na.H/c1-3-5-7-9-11-13-15-23-19-17-25-20-18(16-24-21(19)20)22-14-12-10-8-6-4-2;1-2-3-4-5-6-7-8-16-12-10-18-13-11(15)9-17-14(12)13;1-2-3-4-5-6-7-8-9;7-3-1-9-6-4(8)2-10-5(3)6;1-2;;/h18-21H,3-17H2,1-2H3;11-15H,2-10H2,1H3;2-8H2,1H3;3-8H,1-2H2;1H3;;/q;;;;;+1;-1/t18-,19-,20-,21-;11-,12-,13-,14-;;3-,4-,5-,6-;;;/m11.1.../s1/i;;;;1D;;. The van der Waals surface area contributed by atoms with Gasteiger partial charge in [-0.3, -0.25) is 4.39 Å². The van der Waals surface area contributed by atoms with Crippen molar-refractivity contribution < 1.29 is 94.7 Å². The fourth-order valence-electron chi connectivity index (χ4n) is 8.81. The predicted octanol–water partition coefficient (Wildman–Crippen LogP) is 6.73. The van der Waals surface area contributed by atoms with Gasteiger partial charge in [0.2, 0.25) is 0 Å². The molecule has 0 aromatic carbocycles. The minimum atomic E-state index is -1.00. The molecular formula is C50H97BrFNaO12. The topological polar surface area (TPSA) is 144 Å². The van der Waals surface area contributed by atoms with E-state index in [9.17, 15) is 9.50 Å². The van der Waals surface area contributed by atoms with Gasteiger partial charge in [-0.05, 0) is 25.7 Å². The molecular weight excluding hydrogens is 914 g/mol. The average Bonchev–Trinajstić information content (AvgIpc) is 4.18. The van der Waals surface area contributed by atoms with Crippen molar-refractivity contribution in [1.29, 1.82) is 0 Å². The van der Waals surface area contributed by atoms with Gasteiger partial charge in [-0.15, -0.1) is 0 Å². The Balaban J connectivity index is 0.000000904. The van der Waals surface area contributed by atoms with Crippen LogP contribution in [-0.2, 0) is 42.6 Å². The molecule has 15 heteroatoms. The molecule has 0 spiro atoms. The van der Waals surface area contributed by atoms with Crippen molar-refractivity contribution in [3.05, 3.63) is 0 Å². The van der Waals surface area contributed by atoms with Gasteiger partial charge in [0, 0.05) is 25.2 Å². The molecule has 0 aromatic heterocycles. The average molecular weight is 1010 g/mol. The number of halogens is 2. The fraction of sp³-hybridized carbons (Fsp3) is 1.00. The van der Waals surface area contributed by atoms with Gasteiger partial charge < -0.3 is 59.4 Å². The molecule has 0 saturated carbocycles. The number of fused-ring (bicyclic) bond motifs is 3. The number of alkyl halides is 2. The Bertz CT molecular complexity index is 1050. The molecule has 6 heterocycles. The Labute approximate surface area is 428 Å². The molecule has 12 nitrogen and oxygen atoms in total. The summed E-state index contributed by atoms with van der Waals surface area (Å²) in [6.07, 6.45) is 28.1. The maximum Gasteiger partial charge on any atom is 1.00 e. The molecule has 12 atom stereocenters. The molecule has 6 aliphatic rings. The summed E-state index contributed by atoms with van der Waals surface area (Å²) in [5.74, 6) is 0. The molecule has 0 aromatic rings. The normalized spacial score (nSPS) is 30.6. The van der Waals surface area contributed by atoms with Crippen LogP contribution >= 0.6 is 15.9 Å². The van der Waals surface area contributed by atoms with Gasteiger partial charge in [-0.25, -0.2) is 0 Å². The summed E-state index contributed by atoms with van der Waals surface area (Å²) in [6.45, 7) is 14.2. The van der Waals surface area contributed by atoms with Gasteiger partial charge in [0.25, 0.3) is 0 Å². The molecule has 3 N–H and O–H groups in total. The van der Waals surface area contributed by atoms with Crippen molar-refractivity contribution in [3.8, 4) is 0 Å². The molecule has 0 unspecified atom stereocenters. The van der Waals surface area contributed by atoms with Crippen LogP contribution < -0.4 is 29.6 Å². The largest absolute Gasteiger partial charge is 1.00 e. The Kier molecular flexibility index (Phi) is 40.7. The molecule has 6 fully saturated rings. The maximum absolute atomic E-state index is 9.96. The van der Waals surface area contributed by atoms with E-state index in [-0.39, 0.29) is 99.1 Å². The quantitative estimate of drug-likeness (QED) is 0.0416. The van der Waals surface area contributed by atoms with E-state index < -0.39 is 25.5 Å². The summed E-state index contributed by atoms with van der Waals surface area (Å²) in [5, 5.41) is 29.1. The van der Waals surface area contributed by atoms with Gasteiger partial charge >= 0.3 is 29.6 Å². The summed E-state index contributed by atoms with van der Waals surface area (Å²) in [4.78, 5) is 0. The number of aliphatic hydroxyl groups is 3. The predicted molar refractivity (Wildman–Crippen MR) is 257 cm³/mol. The number of rotatable bonds is 29. The second kappa shape index (κ2) is 42.6. The zero-order valence-electron chi connectivity index (χ0n) is 43.7. The van der Waals surface area contributed by atoms with E-state index in [1.54, 1.807) is 0 Å². The maximum atomic E-state index is 9.96. The third kappa shape index (κ3) is 26.3. The van der Waals surface area contributed by atoms with Gasteiger partial charge in [0.15, 0.2) is 0 Å². The zero-order chi connectivity index (χ0) is 47.3. The number of aliphatic hydroxyl groups excluding tert-OH is 3.